The first-order valence-corrected chi connectivity index (χ1v) is 9.51. The average Bonchev–Trinajstić information content (AvgIpc) is 2.74. The number of alkyl carbamates (subject to hydrolysis) is 1. The molecular weight excluding hydrogens is 340 g/mol. The van der Waals surface area contributed by atoms with Gasteiger partial charge in [-0.05, 0) is 42.9 Å². The third kappa shape index (κ3) is 5.84. The quantitative estimate of drug-likeness (QED) is 0.845. The van der Waals surface area contributed by atoms with E-state index in [1.807, 2.05) is 65.6 Å². The van der Waals surface area contributed by atoms with Crippen molar-refractivity contribution in [2.75, 3.05) is 19.6 Å². The third-order valence-electron chi connectivity index (χ3n) is 4.96. The van der Waals surface area contributed by atoms with E-state index in [2.05, 4.69) is 5.32 Å². The highest BCUT2D eigenvalue weighted by molar-refractivity contribution is 5.94. The van der Waals surface area contributed by atoms with E-state index in [-0.39, 0.29) is 18.6 Å². The zero-order valence-corrected chi connectivity index (χ0v) is 15.5. The van der Waals surface area contributed by atoms with Gasteiger partial charge >= 0.3 is 6.09 Å². The Balaban J connectivity index is 1.31. The van der Waals surface area contributed by atoms with Crippen LogP contribution >= 0.6 is 0 Å². The van der Waals surface area contributed by atoms with Gasteiger partial charge in [0, 0.05) is 25.2 Å². The van der Waals surface area contributed by atoms with Crippen LogP contribution in [-0.2, 0) is 11.3 Å². The molecule has 27 heavy (non-hydrogen) atoms. The van der Waals surface area contributed by atoms with Crippen LogP contribution in [-0.4, -0.2) is 36.5 Å². The third-order valence-corrected chi connectivity index (χ3v) is 4.96. The molecule has 5 nitrogen and oxygen atoms in total. The molecule has 2 aromatic rings. The average molecular weight is 366 g/mol. The maximum Gasteiger partial charge on any atom is 0.407 e. The van der Waals surface area contributed by atoms with Gasteiger partial charge < -0.3 is 15.0 Å². The Kier molecular flexibility index (Phi) is 6.85. The van der Waals surface area contributed by atoms with Gasteiger partial charge in [-0.3, -0.25) is 4.79 Å². The molecule has 0 spiro atoms. The maximum absolute atomic E-state index is 12.5. The normalized spacial score (nSPS) is 14.6. The molecular formula is C22H26N2O3. The minimum atomic E-state index is -0.379. The molecule has 5 heteroatoms. The van der Waals surface area contributed by atoms with Crippen LogP contribution in [0.1, 0.15) is 35.2 Å². The molecule has 2 amide bonds. The van der Waals surface area contributed by atoms with Gasteiger partial charge in [0.2, 0.25) is 0 Å². The van der Waals surface area contributed by atoms with Crippen LogP contribution < -0.4 is 5.32 Å². The number of ether oxygens (including phenoxy) is 1. The zero-order chi connectivity index (χ0) is 18.9. The first-order chi connectivity index (χ1) is 13.2. The summed E-state index contributed by atoms with van der Waals surface area (Å²) < 4.78 is 5.21. The smallest absolute Gasteiger partial charge is 0.407 e. The van der Waals surface area contributed by atoms with Gasteiger partial charge in [0.1, 0.15) is 6.61 Å². The topological polar surface area (TPSA) is 58.6 Å². The van der Waals surface area contributed by atoms with Gasteiger partial charge in [0.15, 0.2) is 0 Å². The molecule has 1 aliphatic rings. The van der Waals surface area contributed by atoms with Crippen molar-refractivity contribution in [2.45, 2.75) is 25.9 Å². The Bertz CT molecular complexity index is 726. The molecule has 1 heterocycles. The van der Waals surface area contributed by atoms with Crippen molar-refractivity contribution in [1.29, 1.82) is 0 Å². The first-order valence-electron chi connectivity index (χ1n) is 9.51. The van der Waals surface area contributed by atoms with Crippen molar-refractivity contribution in [2.24, 2.45) is 5.92 Å². The highest BCUT2D eigenvalue weighted by Gasteiger charge is 2.23. The molecule has 2 aromatic carbocycles. The number of hydrogen-bond acceptors (Lipinski definition) is 3. The van der Waals surface area contributed by atoms with Gasteiger partial charge in [-0.25, -0.2) is 4.79 Å². The number of hydrogen-bond donors (Lipinski definition) is 1. The Morgan fingerprint density at radius 1 is 0.963 bits per heavy atom. The van der Waals surface area contributed by atoms with Gasteiger partial charge in [-0.2, -0.15) is 0 Å². The lowest BCUT2D eigenvalue weighted by molar-refractivity contribution is 0.0687. The number of likely N-dealkylation sites (tertiary alicyclic amines) is 1. The molecule has 0 aliphatic carbocycles. The van der Waals surface area contributed by atoms with Crippen LogP contribution in [0.4, 0.5) is 4.79 Å². The lowest BCUT2D eigenvalue weighted by Gasteiger charge is -2.32. The van der Waals surface area contributed by atoms with E-state index in [1.54, 1.807) is 0 Å². The van der Waals surface area contributed by atoms with Crippen molar-refractivity contribution in [3.63, 3.8) is 0 Å². The monoisotopic (exact) mass is 366 g/mol. The molecule has 1 fully saturated rings. The summed E-state index contributed by atoms with van der Waals surface area (Å²) in [5.41, 5.74) is 1.72. The number of carbonyl (C=O) groups is 2. The predicted molar refractivity (Wildman–Crippen MR) is 104 cm³/mol. The molecule has 1 saturated heterocycles. The molecule has 0 aromatic heterocycles. The summed E-state index contributed by atoms with van der Waals surface area (Å²) in [5.74, 6) is 0.635. The number of carbonyl (C=O) groups excluding carboxylic acids is 2. The summed E-state index contributed by atoms with van der Waals surface area (Å²) in [6.07, 6.45) is 2.47. The summed E-state index contributed by atoms with van der Waals surface area (Å²) >= 11 is 0. The highest BCUT2D eigenvalue weighted by atomic mass is 16.5. The van der Waals surface area contributed by atoms with Crippen molar-refractivity contribution in [3.8, 4) is 0 Å². The summed E-state index contributed by atoms with van der Waals surface area (Å²) in [7, 11) is 0. The van der Waals surface area contributed by atoms with Crippen molar-refractivity contribution in [1.82, 2.24) is 10.2 Å². The highest BCUT2D eigenvalue weighted by Crippen LogP contribution is 2.21. The Hall–Kier alpha value is -2.82. The van der Waals surface area contributed by atoms with E-state index in [0.717, 1.165) is 43.5 Å². The maximum atomic E-state index is 12.5. The van der Waals surface area contributed by atoms with E-state index in [0.29, 0.717) is 12.5 Å². The Morgan fingerprint density at radius 3 is 2.26 bits per heavy atom. The van der Waals surface area contributed by atoms with E-state index in [1.165, 1.54) is 0 Å². The molecule has 3 rings (SSSR count). The Morgan fingerprint density at radius 2 is 1.59 bits per heavy atom. The molecule has 0 bridgehead atoms. The molecule has 0 unspecified atom stereocenters. The number of nitrogens with zero attached hydrogens (tertiary/aromatic N) is 1. The molecule has 142 valence electrons. The van der Waals surface area contributed by atoms with E-state index in [4.69, 9.17) is 4.74 Å². The van der Waals surface area contributed by atoms with Crippen LogP contribution in [0.2, 0.25) is 0 Å². The van der Waals surface area contributed by atoms with Gasteiger partial charge in [0.05, 0.1) is 0 Å². The van der Waals surface area contributed by atoms with E-state index < -0.39 is 0 Å². The molecule has 0 saturated carbocycles. The second-order valence-corrected chi connectivity index (χ2v) is 6.88. The van der Waals surface area contributed by atoms with E-state index in [9.17, 15) is 9.59 Å². The first kappa shape index (κ1) is 19.0. The fourth-order valence-corrected chi connectivity index (χ4v) is 3.34. The second-order valence-electron chi connectivity index (χ2n) is 6.88. The van der Waals surface area contributed by atoms with E-state index >= 15 is 0 Å². The van der Waals surface area contributed by atoms with Crippen LogP contribution in [0.15, 0.2) is 60.7 Å². The molecule has 0 atom stereocenters. The lowest BCUT2D eigenvalue weighted by Crippen LogP contribution is -2.39. The largest absolute Gasteiger partial charge is 0.445 e. The van der Waals surface area contributed by atoms with Crippen molar-refractivity contribution < 1.29 is 14.3 Å². The van der Waals surface area contributed by atoms with Gasteiger partial charge in [-0.15, -0.1) is 0 Å². The zero-order valence-electron chi connectivity index (χ0n) is 15.5. The van der Waals surface area contributed by atoms with Crippen molar-refractivity contribution in [3.05, 3.63) is 71.8 Å². The minimum absolute atomic E-state index is 0.108. The summed E-state index contributed by atoms with van der Waals surface area (Å²) in [6, 6.07) is 19.1. The molecule has 1 aliphatic heterocycles. The molecule has 0 radical (unpaired) electrons. The van der Waals surface area contributed by atoms with Crippen LogP contribution in [0.5, 0.6) is 0 Å². The Labute approximate surface area is 160 Å². The number of nitrogens with one attached hydrogen (secondary N) is 1. The fourth-order valence-electron chi connectivity index (χ4n) is 3.34. The summed E-state index contributed by atoms with van der Waals surface area (Å²) in [6.45, 7) is 2.44. The van der Waals surface area contributed by atoms with Crippen LogP contribution in [0.3, 0.4) is 0 Å². The fraction of sp³-hybridized carbons (Fsp3) is 0.364. The SMILES string of the molecule is O=C(NCCC1CCN(C(=O)c2ccccc2)CC1)OCc1ccccc1. The van der Waals surface area contributed by atoms with Crippen LogP contribution in [0.25, 0.3) is 0 Å². The van der Waals surface area contributed by atoms with Crippen molar-refractivity contribution >= 4 is 12.0 Å². The number of benzene rings is 2. The van der Waals surface area contributed by atoms with Gasteiger partial charge in [-0.1, -0.05) is 48.5 Å². The minimum Gasteiger partial charge on any atom is -0.445 e. The number of rotatable bonds is 6. The van der Waals surface area contributed by atoms with Crippen LogP contribution in [0, 0.1) is 5.92 Å². The second kappa shape index (κ2) is 9.76. The number of piperidine rings is 1. The summed E-state index contributed by atoms with van der Waals surface area (Å²) in [4.78, 5) is 26.1. The van der Waals surface area contributed by atoms with Gasteiger partial charge in [0.25, 0.3) is 5.91 Å². The lowest BCUT2D eigenvalue weighted by atomic mass is 9.93. The molecule has 1 N–H and O–H groups in total. The predicted octanol–water partition coefficient (Wildman–Crippen LogP) is 3.86. The number of amides is 2. The summed E-state index contributed by atoms with van der Waals surface area (Å²) in [5, 5.41) is 2.82. The standard InChI is InChI=1S/C22H26N2O3/c25-21(20-9-5-2-6-10-20)24-15-12-18(13-16-24)11-14-23-22(26)27-17-19-7-3-1-4-8-19/h1-10,18H,11-17H2,(H,23,26).